The third-order valence-electron chi connectivity index (χ3n) is 3.98. The molecule has 27 heavy (non-hydrogen) atoms. The molecule has 2 heterocycles. The van der Waals surface area contributed by atoms with Crippen molar-refractivity contribution >= 4 is 17.5 Å². The third kappa shape index (κ3) is 4.55. The van der Waals surface area contributed by atoms with E-state index >= 15 is 0 Å². The van der Waals surface area contributed by atoms with Gasteiger partial charge in [-0.05, 0) is 45.0 Å². The van der Waals surface area contributed by atoms with Crippen LogP contribution in [0.5, 0.6) is 0 Å². The van der Waals surface area contributed by atoms with Crippen LogP contribution in [0.25, 0.3) is 17.1 Å². The van der Waals surface area contributed by atoms with Gasteiger partial charge in [-0.1, -0.05) is 30.7 Å². The van der Waals surface area contributed by atoms with Gasteiger partial charge in [-0.25, -0.2) is 9.97 Å². The second-order valence-corrected chi connectivity index (χ2v) is 7.81. The summed E-state index contributed by atoms with van der Waals surface area (Å²) in [4.78, 5) is 21.9. The van der Waals surface area contributed by atoms with Crippen molar-refractivity contribution in [3.05, 3.63) is 65.2 Å². The molecular weight excluding hydrogens is 360 g/mol. The van der Waals surface area contributed by atoms with Gasteiger partial charge < -0.3 is 5.32 Å². The van der Waals surface area contributed by atoms with E-state index in [1.807, 2.05) is 62.7 Å². The number of aromatic nitrogens is 3. The minimum absolute atomic E-state index is 0.139. The van der Waals surface area contributed by atoms with Crippen LogP contribution < -0.4 is 5.32 Å². The van der Waals surface area contributed by atoms with E-state index in [-0.39, 0.29) is 11.4 Å². The summed E-state index contributed by atoms with van der Waals surface area (Å²) in [6, 6.07) is 11.0. The van der Waals surface area contributed by atoms with Crippen LogP contribution in [-0.4, -0.2) is 26.0 Å². The quantitative estimate of drug-likeness (QED) is 0.712. The molecule has 1 aromatic carbocycles. The lowest BCUT2D eigenvalue weighted by molar-refractivity contribution is 0.0919. The van der Waals surface area contributed by atoms with Gasteiger partial charge in [0, 0.05) is 40.5 Å². The lowest BCUT2D eigenvalue weighted by atomic mass is 10.1. The maximum absolute atomic E-state index is 12.8. The molecule has 0 fully saturated rings. The normalized spacial score (nSPS) is 11.4. The van der Waals surface area contributed by atoms with Crippen LogP contribution in [0.15, 0.2) is 48.8 Å². The monoisotopic (exact) mass is 382 g/mol. The number of benzene rings is 1. The van der Waals surface area contributed by atoms with Gasteiger partial charge in [0.25, 0.3) is 5.91 Å². The van der Waals surface area contributed by atoms with E-state index in [1.54, 1.807) is 18.3 Å². The minimum atomic E-state index is -0.329. The predicted molar refractivity (Wildman–Crippen MR) is 108 cm³/mol. The number of imidazole rings is 1. The average molecular weight is 383 g/mol. The topological polar surface area (TPSA) is 59.8 Å². The first-order valence-corrected chi connectivity index (χ1v) is 9.28. The Hall–Kier alpha value is -2.66. The average Bonchev–Trinajstić information content (AvgIpc) is 3.09. The Labute approximate surface area is 164 Å². The molecule has 3 aromatic rings. The highest BCUT2D eigenvalue weighted by Crippen LogP contribution is 2.23. The fourth-order valence-corrected chi connectivity index (χ4v) is 2.88. The molecule has 0 saturated carbocycles. The van der Waals surface area contributed by atoms with Gasteiger partial charge in [0.05, 0.1) is 5.69 Å². The minimum Gasteiger partial charge on any atom is -0.347 e. The second-order valence-electron chi connectivity index (χ2n) is 7.38. The van der Waals surface area contributed by atoms with Crippen molar-refractivity contribution in [2.24, 2.45) is 0 Å². The first-order valence-electron chi connectivity index (χ1n) is 8.90. The Morgan fingerprint density at radius 3 is 2.52 bits per heavy atom. The molecule has 0 atom stereocenters. The van der Waals surface area contributed by atoms with Crippen LogP contribution in [0.1, 0.15) is 43.9 Å². The number of pyridine rings is 1. The number of aryl methyl sites for hydroxylation is 1. The SMILES string of the molecule is CCc1nccn1-c1cc(C(=O)NC(C)(C)C)cc(-c2ccc(Cl)cc2)n1. The number of nitrogens with zero attached hydrogens (tertiary/aromatic N) is 3. The van der Waals surface area contributed by atoms with Gasteiger partial charge in [0.1, 0.15) is 11.6 Å². The molecular formula is C21H23ClN4O. The Balaban J connectivity index is 2.13. The number of carbonyl (C=O) groups is 1. The van der Waals surface area contributed by atoms with E-state index in [1.165, 1.54) is 0 Å². The first kappa shape index (κ1) is 19.1. The zero-order valence-electron chi connectivity index (χ0n) is 16.0. The number of carbonyl (C=O) groups excluding carboxylic acids is 1. The molecule has 0 aliphatic carbocycles. The highest BCUT2D eigenvalue weighted by molar-refractivity contribution is 6.30. The van der Waals surface area contributed by atoms with Crippen molar-refractivity contribution in [1.29, 1.82) is 0 Å². The van der Waals surface area contributed by atoms with E-state index in [0.717, 1.165) is 17.8 Å². The van der Waals surface area contributed by atoms with Gasteiger partial charge in [-0.3, -0.25) is 9.36 Å². The molecule has 5 nitrogen and oxygen atoms in total. The van der Waals surface area contributed by atoms with Crippen molar-refractivity contribution < 1.29 is 4.79 Å². The molecule has 140 valence electrons. The van der Waals surface area contributed by atoms with Gasteiger partial charge in [-0.2, -0.15) is 0 Å². The molecule has 0 saturated heterocycles. The van der Waals surface area contributed by atoms with Crippen molar-refractivity contribution in [3.8, 4) is 17.1 Å². The predicted octanol–water partition coefficient (Wildman–Crippen LogP) is 4.68. The number of rotatable bonds is 4. The highest BCUT2D eigenvalue weighted by atomic mass is 35.5. The Kier molecular flexibility index (Phi) is 5.33. The molecule has 3 rings (SSSR count). The van der Waals surface area contributed by atoms with Crippen molar-refractivity contribution in [2.75, 3.05) is 0 Å². The lowest BCUT2D eigenvalue weighted by Gasteiger charge is -2.21. The van der Waals surface area contributed by atoms with Gasteiger partial charge in [0.2, 0.25) is 0 Å². The van der Waals surface area contributed by atoms with Crippen LogP contribution >= 0.6 is 11.6 Å². The zero-order valence-corrected chi connectivity index (χ0v) is 16.7. The van der Waals surface area contributed by atoms with E-state index in [0.29, 0.717) is 22.1 Å². The van der Waals surface area contributed by atoms with Crippen LogP contribution in [0.4, 0.5) is 0 Å². The van der Waals surface area contributed by atoms with E-state index in [4.69, 9.17) is 16.6 Å². The molecule has 0 radical (unpaired) electrons. The van der Waals surface area contributed by atoms with Crippen LogP contribution in [0, 0.1) is 0 Å². The fourth-order valence-electron chi connectivity index (χ4n) is 2.76. The summed E-state index contributed by atoms with van der Waals surface area (Å²) in [5.41, 5.74) is 1.82. The lowest BCUT2D eigenvalue weighted by Crippen LogP contribution is -2.40. The van der Waals surface area contributed by atoms with Gasteiger partial charge in [0.15, 0.2) is 0 Å². The fraction of sp³-hybridized carbons (Fsp3) is 0.286. The molecule has 6 heteroatoms. The molecule has 0 aliphatic heterocycles. The second kappa shape index (κ2) is 7.53. The van der Waals surface area contributed by atoms with E-state index in [2.05, 4.69) is 10.3 Å². The number of hydrogen-bond acceptors (Lipinski definition) is 3. The summed E-state index contributed by atoms with van der Waals surface area (Å²) < 4.78 is 1.91. The Bertz CT molecular complexity index is 955. The summed E-state index contributed by atoms with van der Waals surface area (Å²) in [6.45, 7) is 7.91. The smallest absolute Gasteiger partial charge is 0.251 e. The van der Waals surface area contributed by atoms with Crippen molar-refractivity contribution in [2.45, 2.75) is 39.7 Å². The zero-order chi connectivity index (χ0) is 19.6. The van der Waals surface area contributed by atoms with Crippen molar-refractivity contribution in [3.63, 3.8) is 0 Å². The maximum atomic E-state index is 12.8. The third-order valence-corrected chi connectivity index (χ3v) is 4.23. The number of hydrogen-bond donors (Lipinski definition) is 1. The van der Waals surface area contributed by atoms with E-state index < -0.39 is 0 Å². The molecule has 1 N–H and O–H groups in total. The summed E-state index contributed by atoms with van der Waals surface area (Å²) >= 11 is 6.01. The molecule has 0 bridgehead atoms. The molecule has 1 amide bonds. The first-order chi connectivity index (χ1) is 12.8. The molecule has 2 aromatic heterocycles. The van der Waals surface area contributed by atoms with Gasteiger partial charge >= 0.3 is 0 Å². The van der Waals surface area contributed by atoms with Crippen LogP contribution in [-0.2, 0) is 6.42 Å². The largest absolute Gasteiger partial charge is 0.347 e. The van der Waals surface area contributed by atoms with Crippen LogP contribution in [0.3, 0.4) is 0 Å². The summed E-state index contributed by atoms with van der Waals surface area (Å²) in [6.07, 6.45) is 4.37. The number of halogens is 1. The number of nitrogens with one attached hydrogen (secondary N) is 1. The maximum Gasteiger partial charge on any atom is 0.251 e. The van der Waals surface area contributed by atoms with Gasteiger partial charge in [-0.15, -0.1) is 0 Å². The molecule has 0 unspecified atom stereocenters. The van der Waals surface area contributed by atoms with E-state index in [9.17, 15) is 4.79 Å². The highest BCUT2D eigenvalue weighted by Gasteiger charge is 2.18. The molecule has 0 aliphatic rings. The summed E-state index contributed by atoms with van der Waals surface area (Å²) in [5, 5.41) is 3.67. The Morgan fingerprint density at radius 1 is 1.19 bits per heavy atom. The van der Waals surface area contributed by atoms with Crippen molar-refractivity contribution in [1.82, 2.24) is 19.9 Å². The Morgan fingerprint density at radius 2 is 1.89 bits per heavy atom. The summed E-state index contributed by atoms with van der Waals surface area (Å²) in [7, 11) is 0. The number of amides is 1. The molecule has 0 spiro atoms. The standard InChI is InChI=1S/C21H23ClN4O/c1-5-18-23-10-11-26(18)19-13-15(20(27)25-21(2,3)4)12-17(24-19)14-6-8-16(22)9-7-14/h6-13H,5H2,1-4H3,(H,25,27). The van der Waals surface area contributed by atoms with Crippen LogP contribution in [0.2, 0.25) is 5.02 Å². The summed E-state index contributed by atoms with van der Waals surface area (Å²) in [5.74, 6) is 1.41.